The number of carbonyl (C=O) groups excluding carboxylic acids is 1. The summed E-state index contributed by atoms with van der Waals surface area (Å²) in [6.07, 6.45) is 1.54. The number of fused-ring (bicyclic) bond motifs is 1. The highest BCUT2D eigenvalue weighted by Gasteiger charge is 2.29. The van der Waals surface area contributed by atoms with E-state index >= 15 is 0 Å². The monoisotopic (exact) mass is 417 g/mol. The van der Waals surface area contributed by atoms with Gasteiger partial charge in [0.05, 0.1) is 25.0 Å². The van der Waals surface area contributed by atoms with Crippen molar-refractivity contribution in [3.05, 3.63) is 51.6 Å². The van der Waals surface area contributed by atoms with E-state index in [2.05, 4.69) is 10.6 Å². The third kappa shape index (κ3) is 4.09. The van der Waals surface area contributed by atoms with Crippen LogP contribution < -0.4 is 15.4 Å². The molecule has 2 aliphatic heterocycles. The zero-order valence-electron chi connectivity index (χ0n) is 16.5. The number of allylic oxidation sites excluding steroid dienone is 1. The number of methoxy groups -OCH3 is 1. The molecule has 0 radical (unpaired) electrons. The van der Waals surface area contributed by atoms with Crippen molar-refractivity contribution in [1.29, 1.82) is 0 Å². The summed E-state index contributed by atoms with van der Waals surface area (Å²) in [6, 6.07) is 6.50. The van der Waals surface area contributed by atoms with Crippen LogP contribution in [-0.4, -0.2) is 37.3 Å². The molecular formula is C21H24FN3O3S. The van der Waals surface area contributed by atoms with E-state index in [-0.39, 0.29) is 11.9 Å². The first-order chi connectivity index (χ1) is 14.1. The van der Waals surface area contributed by atoms with Crippen molar-refractivity contribution in [3.63, 3.8) is 0 Å². The Hall–Kier alpha value is -2.58. The van der Waals surface area contributed by atoms with Gasteiger partial charge in [0, 0.05) is 28.7 Å². The number of benzene rings is 1. The molecule has 1 saturated heterocycles. The normalized spacial score (nSPS) is 19.0. The van der Waals surface area contributed by atoms with Gasteiger partial charge in [-0.05, 0) is 49.9 Å². The van der Waals surface area contributed by atoms with Crippen molar-refractivity contribution in [2.24, 2.45) is 0 Å². The minimum absolute atomic E-state index is 0.00388. The molecule has 2 aliphatic rings. The summed E-state index contributed by atoms with van der Waals surface area (Å²) in [6.45, 7) is 4.05. The first-order valence-electron chi connectivity index (χ1n) is 9.64. The Kier molecular flexibility index (Phi) is 5.73. The molecule has 1 unspecified atom stereocenters. The van der Waals surface area contributed by atoms with Gasteiger partial charge in [0.2, 0.25) is 0 Å². The van der Waals surface area contributed by atoms with Crippen LogP contribution in [0.25, 0.3) is 5.70 Å². The standard InChI is InChI=1S/C21H24FN3O3S/c1-13-20(16-7-9-29-19(16)12-25(13)21(26)27-2)24-17-6-5-14(22)10-18(17)28-15-4-3-8-23-11-15/h5-7,9-10,15,23-24H,3-4,8,11-12H2,1-2H3. The van der Waals surface area contributed by atoms with E-state index in [1.54, 1.807) is 22.3 Å². The summed E-state index contributed by atoms with van der Waals surface area (Å²) in [5.74, 6) is 0.113. The lowest BCUT2D eigenvalue weighted by molar-refractivity contribution is 0.133. The molecule has 1 atom stereocenters. The Morgan fingerprint density at radius 1 is 1.38 bits per heavy atom. The van der Waals surface area contributed by atoms with Crippen molar-refractivity contribution >= 4 is 28.8 Å². The van der Waals surface area contributed by atoms with E-state index in [4.69, 9.17) is 9.47 Å². The molecule has 2 N–H and O–H groups in total. The molecule has 2 aromatic rings. The molecule has 1 amide bonds. The molecule has 6 nitrogen and oxygen atoms in total. The van der Waals surface area contributed by atoms with Gasteiger partial charge in [-0.25, -0.2) is 9.18 Å². The van der Waals surface area contributed by atoms with E-state index in [0.717, 1.165) is 47.8 Å². The zero-order valence-corrected chi connectivity index (χ0v) is 17.3. The molecule has 29 heavy (non-hydrogen) atoms. The summed E-state index contributed by atoms with van der Waals surface area (Å²) in [5, 5.41) is 8.69. The van der Waals surface area contributed by atoms with Gasteiger partial charge in [-0.2, -0.15) is 0 Å². The Bertz CT molecular complexity index is 937. The number of carbonyl (C=O) groups is 1. The quantitative estimate of drug-likeness (QED) is 0.772. The summed E-state index contributed by atoms with van der Waals surface area (Å²) in [4.78, 5) is 14.9. The number of rotatable bonds is 4. The van der Waals surface area contributed by atoms with Crippen LogP contribution in [-0.2, 0) is 11.3 Å². The predicted octanol–water partition coefficient (Wildman–Crippen LogP) is 4.40. The number of ether oxygens (including phenoxy) is 2. The summed E-state index contributed by atoms with van der Waals surface area (Å²) >= 11 is 1.59. The van der Waals surface area contributed by atoms with E-state index < -0.39 is 6.09 Å². The maximum Gasteiger partial charge on any atom is 0.414 e. The van der Waals surface area contributed by atoms with E-state index in [0.29, 0.717) is 18.0 Å². The number of nitrogens with zero attached hydrogens (tertiary/aromatic N) is 1. The van der Waals surface area contributed by atoms with Crippen LogP contribution in [0.3, 0.4) is 0 Å². The van der Waals surface area contributed by atoms with E-state index in [1.807, 2.05) is 18.4 Å². The number of halogens is 1. The molecule has 4 rings (SSSR count). The maximum absolute atomic E-state index is 14.0. The van der Waals surface area contributed by atoms with Gasteiger partial charge in [0.1, 0.15) is 17.7 Å². The second-order valence-electron chi connectivity index (χ2n) is 7.13. The Balaban J connectivity index is 1.67. The highest BCUT2D eigenvalue weighted by Crippen LogP contribution is 2.38. The van der Waals surface area contributed by atoms with Crippen LogP contribution in [0.2, 0.25) is 0 Å². The largest absolute Gasteiger partial charge is 0.487 e. The molecule has 1 aromatic carbocycles. The molecule has 0 bridgehead atoms. The third-order valence-electron chi connectivity index (χ3n) is 5.23. The molecule has 154 valence electrons. The first-order valence-corrected chi connectivity index (χ1v) is 10.5. The lowest BCUT2D eigenvalue weighted by Crippen LogP contribution is -2.37. The minimum atomic E-state index is -0.412. The van der Waals surface area contributed by atoms with Gasteiger partial charge >= 0.3 is 6.09 Å². The Morgan fingerprint density at radius 3 is 3.00 bits per heavy atom. The van der Waals surface area contributed by atoms with Crippen LogP contribution >= 0.6 is 11.3 Å². The molecule has 8 heteroatoms. The SMILES string of the molecule is COC(=O)N1Cc2sccc2C(Nc2ccc(F)cc2OC2CCCNC2)=C1C. The van der Waals surface area contributed by atoms with Crippen LogP contribution in [0.5, 0.6) is 5.75 Å². The topological polar surface area (TPSA) is 62.8 Å². The van der Waals surface area contributed by atoms with Gasteiger partial charge < -0.3 is 20.1 Å². The zero-order chi connectivity index (χ0) is 20.4. The number of hydrogen-bond acceptors (Lipinski definition) is 6. The van der Waals surface area contributed by atoms with Crippen molar-refractivity contribution < 1.29 is 18.7 Å². The van der Waals surface area contributed by atoms with Gasteiger partial charge in [0.25, 0.3) is 0 Å². The number of hydrogen-bond donors (Lipinski definition) is 2. The average molecular weight is 418 g/mol. The van der Waals surface area contributed by atoms with Crippen molar-refractivity contribution in [2.75, 3.05) is 25.5 Å². The fourth-order valence-corrected chi connectivity index (χ4v) is 4.55. The van der Waals surface area contributed by atoms with Gasteiger partial charge in [-0.15, -0.1) is 11.3 Å². The number of thiophene rings is 1. The molecule has 1 aromatic heterocycles. The minimum Gasteiger partial charge on any atom is -0.487 e. The van der Waals surface area contributed by atoms with Crippen LogP contribution in [0.15, 0.2) is 35.3 Å². The summed E-state index contributed by atoms with van der Waals surface area (Å²) in [5.41, 5.74) is 3.23. The number of amides is 1. The van der Waals surface area contributed by atoms with Gasteiger partial charge in [-0.1, -0.05) is 0 Å². The molecule has 3 heterocycles. The van der Waals surface area contributed by atoms with Gasteiger partial charge in [0.15, 0.2) is 0 Å². The summed E-state index contributed by atoms with van der Waals surface area (Å²) in [7, 11) is 1.37. The third-order valence-corrected chi connectivity index (χ3v) is 6.13. The summed E-state index contributed by atoms with van der Waals surface area (Å²) < 4.78 is 25.0. The van der Waals surface area contributed by atoms with E-state index in [9.17, 15) is 9.18 Å². The lowest BCUT2D eigenvalue weighted by Gasteiger charge is -2.30. The Morgan fingerprint density at radius 2 is 2.24 bits per heavy atom. The van der Waals surface area contributed by atoms with Crippen molar-refractivity contribution in [1.82, 2.24) is 10.2 Å². The molecule has 0 spiro atoms. The van der Waals surface area contributed by atoms with Crippen LogP contribution in [0.4, 0.5) is 14.9 Å². The molecule has 1 fully saturated rings. The lowest BCUT2D eigenvalue weighted by atomic mass is 10.1. The van der Waals surface area contributed by atoms with E-state index in [1.165, 1.54) is 19.2 Å². The smallest absolute Gasteiger partial charge is 0.414 e. The van der Waals surface area contributed by atoms with Crippen molar-refractivity contribution in [2.45, 2.75) is 32.4 Å². The second kappa shape index (κ2) is 8.42. The van der Waals surface area contributed by atoms with Gasteiger partial charge in [-0.3, -0.25) is 4.90 Å². The molecule has 0 aliphatic carbocycles. The number of piperidine rings is 1. The number of nitrogens with one attached hydrogen (secondary N) is 2. The predicted molar refractivity (Wildman–Crippen MR) is 111 cm³/mol. The number of anilines is 1. The first kappa shape index (κ1) is 19.7. The average Bonchev–Trinajstić information content (AvgIpc) is 3.20. The van der Waals surface area contributed by atoms with Crippen molar-refractivity contribution in [3.8, 4) is 5.75 Å². The Labute approximate surface area is 173 Å². The fraction of sp³-hybridized carbons (Fsp3) is 0.381. The highest BCUT2D eigenvalue weighted by atomic mass is 32.1. The highest BCUT2D eigenvalue weighted by molar-refractivity contribution is 7.10. The second-order valence-corrected chi connectivity index (χ2v) is 8.13. The van der Waals surface area contributed by atoms with Crippen LogP contribution in [0.1, 0.15) is 30.2 Å². The molecular weight excluding hydrogens is 393 g/mol. The molecule has 0 saturated carbocycles. The maximum atomic E-state index is 14.0. The fourth-order valence-electron chi connectivity index (χ4n) is 3.68. The van der Waals surface area contributed by atoms with Crippen LogP contribution in [0, 0.1) is 5.82 Å².